The lowest BCUT2D eigenvalue weighted by atomic mass is 10.3. The second kappa shape index (κ2) is 19.3. The van der Waals surface area contributed by atoms with E-state index in [-0.39, 0.29) is 82.3 Å². The number of carboxylic acid groups (broad SMARTS) is 1. The van der Waals surface area contributed by atoms with Gasteiger partial charge in [-0.25, -0.2) is 0 Å². The molecule has 1 saturated heterocycles. The van der Waals surface area contributed by atoms with Crippen LogP contribution in [0.15, 0.2) is 0 Å². The molecule has 1 heterocycles. The SMILES string of the molecule is CCCC(=O)NCCNC(=O)CCOCCOCCNC(=O)CCN1C(=O)CC(SCC(N)C(=O)O)C1=O. The highest BCUT2D eigenvalue weighted by Gasteiger charge is 2.39. The number of hydrogen-bond donors (Lipinski definition) is 5. The molecule has 0 aromatic heterocycles. The van der Waals surface area contributed by atoms with Gasteiger partial charge in [-0.05, 0) is 6.42 Å². The summed E-state index contributed by atoms with van der Waals surface area (Å²) in [6, 6.07) is -1.12. The number of carbonyl (C=O) groups excluding carboxylic acids is 5. The summed E-state index contributed by atoms with van der Waals surface area (Å²) in [5.74, 6) is -2.57. The van der Waals surface area contributed by atoms with Gasteiger partial charge in [-0.1, -0.05) is 6.92 Å². The number of hydrogen-bond acceptors (Lipinski definition) is 10. The lowest BCUT2D eigenvalue weighted by Gasteiger charge is -2.15. The van der Waals surface area contributed by atoms with E-state index in [0.717, 1.165) is 23.1 Å². The minimum atomic E-state index is -1.18. The van der Waals surface area contributed by atoms with Crippen LogP contribution in [0.4, 0.5) is 0 Å². The topological polar surface area (TPSA) is 206 Å². The number of carbonyl (C=O) groups is 6. The maximum atomic E-state index is 12.4. The molecule has 15 heteroatoms. The number of ether oxygens (including phenoxy) is 2. The third-order valence-electron chi connectivity index (χ3n) is 5.22. The highest BCUT2D eigenvalue weighted by Crippen LogP contribution is 2.25. The van der Waals surface area contributed by atoms with Gasteiger partial charge < -0.3 is 36.3 Å². The van der Waals surface area contributed by atoms with Crippen molar-refractivity contribution >= 4 is 47.3 Å². The van der Waals surface area contributed by atoms with E-state index in [0.29, 0.717) is 19.5 Å². The fourth-order valence-corrected chi connectivity index (χ4v) is 4.28. The van der Waals surface area contributed by atoms with Crippen LogP contribution >= 0.6 is 11.8 Å². The summed E-state index contributed by atoms with van der Waals surface area (Å²) in [4.78, 5) is 71.2. The van der Waals surface area contributed by atoms with Crippen LogP contribution in [-0.2, 0) is 38.2 Å². The van der Waals surface area contributed by atoms with Crippen LogP contribution in [0, 0.1) is 0 Å². The molecule has 5 amide bonds. The van der Waals surface area contributed by atoms with E-state index >= 15 is 0 Å². The first kappa shape index (κ1) is 33.3. The lowest BCUT2D eigenvalue weighted by Crippen LogP contribution is -2.37. The van der Waals surface area contributed by atoms with E-state index in [1.165, 1.54) is 0 Å². The third kappa shape index (κ3) is 14.3. The highest BCUT2D eigenvalue weighted by atomic mass is 32.2. The van der Waals surface area contributed by atoms with Crippen molar-refractivity contribution in [3.05, 3.63) is 0 Å². The minimum Gasteiger partial charge on any atom is -0.480 e. The van der Waals surface area contributed by atoms with Crippen molar-refractivity contribution in [3.8, 4) is 0 Å². The molecule has 1 rings (SSSR count). The number of nitrogens with two attached hydrogens (primary N) is 1. The van der Waals surface area contributed by atoms with Crippen LogP contribution in [0.5, 0.6) is 0 Å². The molecule has 0 aliphatic carbocycles. The Morgan fingerprint density at radius 3 is 2.16 bits per heavy atom. The molecule has 14 nitrogen and oxygen atoms in total. The Morgan fingerprint density at radius 2 is 1.53 bits per heavy atom. The van der Waals surface area contributed by atoms with Crippen LogP contribution in [0.2, 0.25) is 0 Å². The number of likely N-dealkylation sites (tertiary alicyclic amines) is 1. The zero-order chi connectivity index (χ0) is 28.3. The van der Waals surface area contributed by atoms with E-state index in [2.05, 4.69) is 16.0 Å². The standard InChI is InChI=1S/C23H39N5O9S/c1-2-3-18(29)25-6-7-26-20(31)5-10-36-12-13-37-11-8-27-19(30)4-9-28-21(32)14-17(22(28)33)38-15-16(24)23(34)35/h16-17H,2-15,24H2,1H3,(H,25,29)(H,26,31)(H,27,30)(H,34,35). The van der Waals surface area contributed by atoms with Crippen molar-refractivity contribution in [2.24, 2.45) is 5.73 Å². The zero-order valence-corrected chi connectivity index (χ0v) is 22.5. The lowest BCUT2D eigenvalue weighted by molar-refractivity contribution is -0.139. The second-order valence-electron chi connectivity index (χ2n) is 8.38. The average molecular weight is 562 g/mol. The summed E-state index contributed by atoms with van der Waals surface area (Å²) < 4.78 is 10.7. The molecule has 0 bridgehead atoms. The number of aliphatic carboxylic acids is 1. The van der Waals surface area contributed by atoms with Crippen LogP contribution in [0.25, 0.3) is 0 Å². The molecule has 0 aromatic rings. The quantitative estimate of drug-likeness (QED) is 0.0782. The maximum absolute atomic E-state index is 12.4. The van der Waals surface area contributed by atoms with Gasteiger partial charge in [0.05, 0.1) is 31.7 Å². The van der Waals surface area contributed by atoms with Crippen LogP contribution < -0.4 is 21.7 Å². The van der Waals surface area contributed by atoms with Crippen molar-refractivity contribution in [2.45, 2.75) is 50.3 Å². The molecule has 1 aliphatic heterocycles. The Kier molecular flexibility index (Phi) is 16.9. The van der Waals surface area contributed by atoms with Crippen molar-refractivity contribution < 1.29 is 43.3 Å². The first-order valence-electron chi connectivity index (χ1n) is 12.6. The van der Waals surface area contributed by atoms with E-state index in [1.807, 2.05) is 6.92 Å². The fourth-order valence-electron chi connectivity index (χ4n) is 3.17. The number of nitrogens with one attached hydrogen (secondary N) is 3. The van der Waals surface area contributed by atoms with Crippen molar-refractivity contribution in [3.63, 3.8) is 0 Å². The van der Waals surface area contributed by atoms with Gasteiger partial charge >= 0.3 is 5.97 Å². The Morgan fingerprint density at radius 1 is 0.947 bits per heavy atom. The summed E-state index contributed by atoms with van der Waals surface area (Å²) >= 11 is 1.03. The monoisotopic (exact) mass is 561 g/mol. The molecule has 0 saturated carbocycles. The van der Waals surface area contributed by atoms with E-state index in [1.54, 1.807) is 0 Å². The number of carboxylic acids is 1. The molecule has 0 radical (unpaired) electrons. The number of nitrogens with zero attached hydrogens (tertiary/aromatic N) is 1. The zero-order valence-electron chi connectivity index (χ0n) is 21.7. The molecular weight excluding hydrogens is 522 g/mol. The van der Waals surface area contributed by atoms with Gasteiger partial charge in [0.2, 0.25) is 29.5 Å². The maximum Gasteiger partial charge on any atom is 0.321 e. The molecule has 216 valence electrons. The molecule has 1 aliphatic rings. The third-order valence-corrected chi connectivity index (χ3v) is 6.54. The smallest absolute Gasteiger partial charge is 0.321 e. The van der Waals surface area contributed by atoms with Gasteiger partial charge in [-0.2, -0.15) is 0 Å². The summed E-state index contributed by atoms with van der Waals surface area (Å²) in [6.45, 7) is 3.88. The molecular formula is C23H39N5O9S. The Balaban J connectivity index is 2.01. The predicted octanol–water partition coefficient (Wildman–Crippen LogP) is -1.78. The molecule has 38 heavy (non-hydrogen) atoms. The van der Waals surface area contributed by atoms with Gasteiger partial charge in [0.25, 0.3) is 0 Å². The van der Waals surface area contributed by atoms with Crippen LogP contribution in [0.1, 0.15) is 39.0 Å². The number of imide groups is 1. The first-order valence-corrected chi connectivity index (χ1v) is 13.6. The summed E-state index contributed by atoms with van der Waals surface area (Å²) in [5, 5.41) is 16.2. The number of rotatable bonds is 21. The first-order chi connectivity index (χ1) is 18.1. The average Bonchev–Trinajstić information content (AvgIpc) is 3.14. The highest BCUT2D eigenvalue weighted by molar-refractivity contribution is 8.00. The largest absolute Gasteiger partial charge is 0.480 e. The fraction of sp³-hybridized carbons (Fsp3) is 0.739. The van der Waals surface area contributed by atoms with Gasteiger partial charge in [0.1, 0.15) is 6.04 Å². The van der Waals surface area contributed by atoms with Crippen molar-refractivity contribution in [1.29, 1.82) is 0 Å². The van der Waals surface area contributed by atoms with E-state index in [4.69, 9.17) is 20.3 Å². The predicted molar refractivity (Wildman–Crippen MR) is 138 cm³/mol. The Bertz CT molecular complexity index is 814. The van der Waals surface area contributed by atoms with Crippen LogP contribution in [-0.4, -0.2) is 115 Å². The second-order valence-corrected chi connectivity index (χ2v) is 9.61. The van der Waals surface area contributed by atoms with Crippen molar-refractivity contribution in [1.82, 2.24) is 20.9 Å². The number of thioether (sulfide) groups is 1. The number of amides is 5. The van der Waals surface area contributed by atoms with Crippen molar-refractivity contribution in [2.75, 3.05) is 58.4 Å². The molecule has 0 aromatic carbocycles. The summed E-state index contributed by atoms with van der Waals surface area (Å²) in [6.07, 6.45) is 1.33. The summed E-state index contributed by atoms with van der Waals surface area (Å²) in [5.41, 5.74) is 5.42. The Labute approximate surface area is 226 Å². The Hall–Kier alpha value is -2.75. The molecule has 1 fully saturated rings. The van der Waals surface area contributed by atoms with Gasteiger partial charge in [0, 0.05) is 57.6 Å². The molecule has 0 spiro atoms. The summed E-state index contributed by atoms with van der Waals surface area (Å²) in [7, 11) is 0. The minimum absolute atomic E-state index is 0.00888. The van der Waals surface area contributed by atoms with Crippen LogP contribution in [0.3, 0.4) is 0 Å². The van der Waals surface area contributed by atoms with Gasteiger partial charge in [-0.15, -0.1) is 11.8 Å². The normalized spacial score (nSPS) is 15.8. The van der Waals surface area contributed by atoms with E-state index in [9.17, 15) is 28.8 Å². The molecule has 2 unspecified atom stereocenters. The molecule has 6 N–H and O–H groups in total. The van der Waals surface area contributed by atoms with Gasteiger partial charge in [-0.3, -0.25) is 33.7 Å². The molecule has 2 atom stereocenters. The van der Waals surface area contributed by atoms with E-state index < -0.39 is 29.1 Å². The van der Waals surface area contributed by atoms with Gasteiger partial charge in [0.15, 0.2) is 0 Å².